The molecule has 7 heteroatoms. The van der Waals surface area contributed by atoms with E-state index in [-0.39, 0.29) is 5.91 Å². The number of nitrogens with zero attached hydrogens (tertiary/aromatic N) is 2. The van der Waals surface area contributed by atoms with Crippen LogP contribution in [0.5, 0.6) is 0 Å². The second-order valence-corrected chi connectivity index (χ2v) is 4.88. The fraction of sp³-hybridized carbons (Fsp3) is 0.571. The predicted molar refractivity (Wildman–Crippen MR) is 80.4 cm³/mol. The molecule has 0 spiro atoms. The van der Waals surface area contributed by atoms with E-state index < -0.39 is 6.04 Å². The van der Waals surface area contributed by atoms with Gasteiger partial charge in [-0.2, -0.15) is 0 Å². The summed E-state index contributed by atoms with van der Waals surface area (Å²) in [6.07, 6.45) is 2.13. The number of nitrogens with one attached hydrogen (secondary N) is 1. The maximum Gasteiger partial charge on any atom is 0.241 e. The third kappa shape index (κ3) is 4.66. The summed E-state index contributed by atoms with van der Waals surface area (Å²) in [5.41, 5.74) is 6.41. The third-order valence-corrected chi connectivity index (χ3v) is 3.32. The molecular formula is C14H22N4O3. The Kier molecular flexibility index (Phi) is 5.91. The summed E-state index contributed by atoms with van der Waals surface area (Å²) in [5.74, 6) is 0.660. The van der Waals surface area contributed by atoms with Crippen LogP contribution in [0.15, 0.2) is 18.3 Å². The minimum absolute atomic E-state index is 0.229. The highest BCUT2D eigenvalue weighted by Gasteiger charge is 2.15. The van der Waals surface area contributed by atoms with Gasteiger partial charge in [-0.25, -0.2) is 4.98 Å². The lowest BCUT2D eigenvalue weighted by Crippen LogP contribution is -2.37. The number of ether oxygens (including phenoxy) is 2. The number of aromatic nitrogens is 1. The Labute approximate surface area is 124 Å². The quantitative estimate of drug-likeness (QED) is 0.780. The second kappa shape index (κ2) is 7.92. The van der Waals surface area contributed by atoms with Crippen molar-refractivity contribution in [1.29, 1.82) is 0 Å². The molecule has 1 aromatic heterocycles. The SMILES string of the molecule is COCCC(N)C(=O)Nc1ccc(N2CCOCC2)nc1. The lowest BCUT2D eigenvalue weighted by atomic mass is 10.2. The van der Waals surface area contributed by atoms with Gasteiger partial charge in [0.2, 0.25) is 5.91 Å². The molecule has 0 bridgehead atoms. The summed E-state index contributed by atoms with van der Waals surface area (Å²) in [7, 11) is 1.58. The maximum atomic E-state index is 11.9. The summed E-state index contributed by atoms with van der Waals surface area (Å²) >= 11 is 0. The largest absolute Gasteiger partial charge is 0.385 e. The van der Waals surface area contributed by atoms with Crippen molar-refractivity contribution >= 4 is 17.4 Å². The van der Waals surface area contributed by atoms with Gasteiger partial charge in [-0.1, -0.05) is 0 Å². The monoisotopic (exact) mass is 294 g/mol. The standard InChI is InChI=1S/C14H22N4O3/c1-20-7-4-12(15)14(19)17-11-2-3-13(16-10-11)18-5-8-21-9-6-18/h2-3,10,12H,4-9,15H2,1H3,(H,17,19). The van der Waals surface area contributed by atoms with Crippen molar-refractivity contribution in [3.8, 4) is 0 Å². The fourth-order valence-electron chi connectivity index (χ4n) is 2.05. The first kappa shape index (κ1) is 15.7. The smallest absolute Gasteiger partial charge is 0.241 e. The maximum absolute atomic E-state index is 11.9. The molecular weight excluding hydrogens is 272 g/mol. The first-order valence-corrected chi connectivity index (χ1v) is 7.05. The predicted octanol–water partition coefficient (Wildman–Crippen LogP) is 0.221. The van der Waals surface area contributed by atoms with Gasteiger partial charge in [-0.15, -0.1) is 0 Å². The van der Waals surface area contributed by atoms with Crippen LogP contribution < -0.4 is 16.0 Å². The van der Waals surface area contributed by atoms with Crippen molar-refractivity contribution in [2.45, 2.75) is 12.5 Å². The number of nitrogens with two attached hydrogens (primary N) is 1. The molecule has 1 aromatic rings. The van der Waals surface area contributed by atoms with Crippen LogP contribution in [-0.2, 0) is 14.3 Å². The van der Waals surface area contributed by atoms with Crippen LogP contribution in [0, 0.1) is 0 Å². The number of hydrogen-bond donors (Lipinski definition) is 2. The minimum atomic E-state index is -0.580. The zero-order valence-corrected chi connectivity index (χ0v) is 12.2. The number of methoxy groups -OCH3 is 1. The summed E-state index contributed by atoms with van der Waals surface area (Å²) < 4.78 is 10.2. The highest BCUT2D eigenvalue weighted by atomic mass is 16.5. The molecule has 1 fully saturated rings. The Morgan fingerprint density at radius 2 is 2.29 bits per heavy atom. The molecule has 1 amide bonds. The number of amides is 1. The van der Waals surface area contributed by atoms with Crippen LogP contribution in [0.4, 0.5) is 11.5 Å². The van der Waals surface area contributed by atoms with Crippen molar-refractivity contribution in [1.82, 2.24) is 4.98 Å². The molecule has 1 aliphatic heterocycles. The van der Waals surface area contributed by atoms with E-state index in [9.17, 15) is 4.79 Å². The van der Waals surface area contributed by atoms with E-state index in [1.54, 1.807) is 13.3 Å². The van der Waals surface area contributed by atoms with Crippen LogP contribution in [0.25, 0.3) is 0 Å². The Morgan fingerprint density at radius 3 is 2.90 bits per heavy atom. The Bertz CT molecular complexity index is 446. The number of carbonyl (C=O) groups is 1. The molecule has 7 nitrogen and oxygen atoms in total. The Hall–Kier alpha value is -1.70. The fourth-order valence-corrected chi connectivity index (χ4v) is 2.05. The molecule has 0 radical (unpaired) electrons. The molecule has 1 atom stereocenters. The molecule has 116 valence electrons. The van der Waals surface area contributed by atoms with Gasteiger partial charge in [0.15, 0.2) is 0 Å². The molecule has 0 aliphatic carbocycles. The number of pyridine rings is 1. The van der Waals surface area contributed by atoms with Crippen LogP contribution in [0.3, 0.4) is 0 Å². The highest BCUT2D eigenvalue weighted by Crippen LogP contribution is 2.15. The minimum Gasteiger partial charge on any atom is -0.385 e. The molecule has 1 saturated heterocycles. The molecule has 0 saturated carbocycles. The summed E-state index contributed by atoms with van der Waals surface area (Å²) in [6.45, 7) is 3.56. The summed E-state index contributed by atoms with van der Waals surface area (Å²) in [5, 5.41) is 2.76. The summed E-state index contributed by atoms with van der Waals surface area (Å²) in [6, 6.07) is 3.14. The zero-order valence-electron chi connectivity index (χ0n) is 12.2. The molecule has 0 aromatic carbocycles. The van der Waals surface area contributed by atoms with E-state index in [4.69, 9.17) is 15.2 Å². The highest BCUT2D eigenvalue weighted by molar-refractivity contribution is 5.94. The van der Waals surface area contributed by atoms with E-state index in [0.717, 1.165) is 18.9 Å². The molecule has 3 N–H and O–H groups in total. The second-order valence-electron chi connectivity index (χ2n) is 4.88. The van der Waals surface area contributed by atoms with Gasteiger partial charge in [0.05, 0.1) is 31.1 Å². The number of hydrogen-bond acceptors (Lipinski definition) is 6. The van der Waals surface area contributed by atoms with Crippen molar-refractivity contribution in [3.63, 3.8) is 0 Å². The van der Waals surface area contributed by atoms with Crippen LogP contribution in [0.1, 0.15) is 6.42 Å². The number of morpholine rings is 1. The van der Waals surface area contributed by atoms with Gasteiger partial charge in [0.25, 0.3) is 0 Å². The van der Waals surface area contributed by atoms with E-state index >= 15 is 0 Å². The van der Waals surface area contributed by atoms with Crippen molar-refractivity contribution in [2.75, 3.05) is 50.2 Å². The average molecular weight is 294 g/mol. The van der Waals surface area contributed by atoms with Gasteiger partial charge in [0, 0.05) is 26.8 Å². The molecule has 2 rings (SSSR count). The molecule has 1 aliphatic rings. The number of anilines is 2. The first-order chi connectivity index (χ1) is 10.2. The molecule has 1 unspecified atom stereocenters. The Balaban J connectivity index is 1.88. The van der Waals surface area contributed by atoms with E-state index in [0.29, 0.717) is 31.9 Å². The lowest BCUT2D eigenvalue weighted by Gasteiger charge is -2.27. The first-order valence-electron chi connectivity index (χ1n) is 7.05. The van der Waals surface area contributed by atoms with Crippen LogP contribution in [-0.4, -0.2) is 57.0 Å². The van der Waals surface area contributed by atoms with E-state index in [1.165, 1.54) is 0 Å². The zero-order chi connectivity index (χ0) is 15.1. The molecule has 2 heterocycles. The van der Waals surface area contributed by atoms with Gasteiger partial charge in [-0.3, -0.25) is 4.79 Å². The number of carbonyl (C=O) groups excluding carboxylic acids is 1. The van der Waals surface area contributed by atoms with E-state index in [2.05, 4.69) is 15.2 Å². The van der Waals surface area contributed by atoms with Crippen LogP contribution >= 0.6 is 0 Å². The van der Waals surface area contributed by atoms with Gasteiger partial charge in [-0.05, 0) is 18.6 Å². The van der Waals surface area contributed by atoms with E-state index in [1.807, 2.05) is 12.1 Å². The van der Waals surface area contributed by atoms with Crippen molar-refractivity contribution in [3.05, 3.63) is 18.3 Å². The topological polar surface area (TPSA) is 89.7 Å². The van der Waals surface area contributed by atoms with Crippen LogP contribution in [0.2, 0.25) is 0 Å². The normalized spacial score (nSPS) is 16.6. The van der Waals surface area contributed by atoms with Crippen molar-refractivity contribution in [2.24, 2.45) is 5.73 Å². The van der Waals surface area contributed by atoms with Gasteiger partial charge < -0.3 is 25.4 Å². The van der Waals surface area contributed by atoms with Crippen molar-refractivity contribution < 1.29 is 14.3 Å². The third-order valence-electron chi connectivity index (χ3n) is 3.32. The summed E-state index contributed by atoms with van der Waals surface area (Å²) in [4.78, 5) is 18.4. The lowest BCUT2D eigenvalue weighted by molar-refractivity contribution is -0.117. The molecule has 21 heavy (non-hydrogen) atoms. The Morgan fingerprint density at radius 1 is 1.52 bits per heavy atom. The van der Waals surface area contributed by atoms with Gasteiger partial charge >= 0.3 is 0 Å². The van der Waals surface area contributed by atoms with Gasteiger partial charge in [0.1, 0.15) is 5.82 Å². The number of rotatable bonds is 6. The average Bonchev–Trinajstić information content (AvgIpc) is 2.54.